The minimum atomic E-state index is -0.742. The second-order valence-corrected chi connectivity index (χ2v) is 4.06. The number of hydrogen-bond acceptors (Lipinski definition) is 3. The van der Waals surface area contributed by atoms with Gasteiger partial charge >= 0.3 is 5.97 Å². The van der Waals surface area contributed by atoms with E-state index < -0.39 is 11.5 Å². The Morgan fingerprint density at radius 2 is 2.36 bits per heavy atom. The highest BCUT2D eigenvalue weighted by Crippen LogP contribution is 2.22. The van der Waals surface area contributed by atoms with Crippen LogP contribution in [0.25, 0.3) is 0 Å². The fourth-order valence-electron chi connectivity index (χ4n) is 1.78. The Labute approximate surface area is 84.8 Å². The van der Waals surface area contributed by atoms with Gasteiger partial charge in [0.15, 0.2) is 0 Å². The summed E-state index contributed by atoms with van der Waals surface area (Å²) in [5, 5.41) is 9.19. The van der Waals surface area contributed by atoms with Gasteiger partial charge in [-0.1, -0.05) is 6.92 Å². The minimum absolute atomic E-state index is 0.133. The summed E-state index contributed by atoms with van der Waals surface area (Å²) >= 11 is 0. The first-order valence-corrected chi connectivity index (χ1v) is 5.10. The molecule has 0 aromatic carbocycles. The molecule has 14 heavy (non-hydrogen) atoms. The maximum atomic E-state index is 11.2. The van der Waals surface area contributed by atoms with E-state index in [-0.39, 0.29) is 6.10 Å². The van der Waals surface area contributed by atoms with E-state index in [1.54, 1.807) is 6.92 Å². The zero-order valence-corrected chi connectivity index (χ0v) is 9.12. The molecule has 1 heterocycles. The number of rotatable bonds is 3. The molecule has 0 aromatic heterocycles. The van der Waals surface area contributed by atoms with Crippen LogP contribution in [0.1, 0.15) is 27.2 Å². The molecule has 1 rings (SSSR count). The van der Waals surface area contributed by atoms with Gasteiger partial charge in [-0.2, -0.15) is 0 Å². The van der Waals surface area contributed by atoms with Crippen LogP contribution >= 0.6 is 0 Å². The highest BCUT2D eigenvalue weighted by Gasteiger charge is 2.39. The SMILES string of the molecule is CCC(C)(C(=O)O)N1CCOC(C)C1. The van der Waals surface area contributed by atoms with Crippen LogP contribution in [0.4, 0.5) is 0 Å². The van der Waals surface area contributed by atoms with Crippen molar-refractivity contribution in [3.8, 4) is 0 Å². The summed E-state index contributed by atoms with van der Waals surface area (Å²) in [4.78, 5) is 13.2. The lowest BCUT2D eigenvalue weighted by Crippen LogP contribution is -2.57. The average molecular weight is 201 g/mol. The second-order valence-electron chi connectivity index (χ2n) is 4.06. The van der Waals surface area contributed by atoms with Gasteiger partial charge in [0.25, 0.3) is 0 Å². The summed E-state index contributed by atoms with van der Waals surface area (Å²) in [6, 6.07) is 0. The predicted molar refractivity (Wildman–Crippen MR) is 53.3 cm³/mol. The van der Waals surface area contributed by atoms with Crippen molar-refractivity contribution in [2.75, 3.05) is 19.7 Å². The van der Waals surface area contributed by atoms with Crippen LogP contribution in [0.5, 0.6) is 0 Å². The lowest BCUT2D eigenvalue weighted by atomic mass is 9.95. The van der Waals surface area contributed by atoms with Gasteiger partial charge < -0.3 is 9.84 Å². The Bertz CT molecular complexity index is 219. The summed E-state index contributed by atoms with van der Waals surface area (Å²) in [7, 11) is 0. The minimum Gasteiger partial charge on any atom is -0.480 e. The molecule has 1 aliphatic heterocycles. The lowest BCUT2D eigenvalue weighted by molar-refractivity contribution is -0.156. The van der Waals surface area contributed by atoms with Crippen molar-refractivity contribution in [3.05, 3.63) is 0 Å². The molecule has 1 saturated heterocycles. The molecule has 1 aliphatic rings. The summed E-state index contributed by atoms with van der Waals surface area (Å²) in [5.41, 5.74) is -0.738. The molecule has 2 atom stereocenters. The zero-order chi connectivity index (χ0) is 10.8. The van der Waals surface area contributed by atoms with Gasteiger partial charge in [-0.15, -0.1) is 0 Å². The molecule has 82 valence electrons. The number of carboxylic acid groups (broad SMARTS) is 1. The molecular formula is C10H19NO3. The van der Waals surface area contributed by atoms with Crippen LogP contribution in [-0.4, -0.2) is 47.3 Å². The average Bonchev–Trinajstić information content (AvgIpc) is 2.16. The largest absolute Gasteiger partial charge is 0.480 e. The third kappa shape index (κ3) is 2.07. The number of carbonyl (C=O) groups is 1. The van der Waals surface area contributed by atoms with E-state index in [0.717, 1.165) is 0 Å². The van der Waals surface area contributed by atoms with Crippen molar-refractivity contribution >= 4 is 5.97 Å². The van der Waals surface area contributed by atoms with E-state index in [4.69, 9.17) is 4.74 Å². The summed E-state index contributed by atoms with van der Waals surface area (Å²) in [5.74, 6) is -0.742. The van der Waals surface area contributed by atoms with Crippen molar-refractivity contribution < 1.29 is 14.6 Å². The van der Waals surface area contributed by atoms with Gasteiger partial charge in [0, 0.05) is 13.1 Å². The van der Waals surface area contributed by atoms with Crippen LogP contribution in [0.3, 0.4) is 0 Å². The van der Waals surface area contributed by atoms with Crippen LogP contribution in [0, 0.1) is 0 Å². The van der Waals surface area contributed by atoms with E-state index >= 15 is 0 Å². The van der Waals surface area contributed by atoms with E-state index in [2.05, 4.69) is 0 Å². The Kier molecular flexibility index (Phi) is 3.50. The van der Waals surface area contributed by atoms with Gasteiger partial charge in [-0.25, -0.2) is 0 Å². The van der Waals surface area contributed by atoms with Gasteiger partial charge in [0.1, 0.15) is 5.54 Å². The van der Waals surface area contributed by atoms with Gasteiger partial charge in [0.2, 0.25) is 0 Å². The third-order valence-electron chi connectivity index (χ3n) is 3.09. The van der Waals surface area contributed by atoms with Crippen molar-refractivity contribution in [2.24, 2.45) is 0 Å². The van der Waals surface area contributed by atoms with E-state index in [0.29, 0.717) is 26.1 Å². The van der Waals surface area contributed by atoms with Crippen LogP contribution < -0.4 is 0 Å². The number of morpholine rings is 1. The number of nitrogens with zero attached hydrogens (tertiary/aromatic N) is 1. The zero-order valence-electron chi connectivity index (χ0n) is 9.12. The molecular weight excluding hydrogens is 182 g/mol. The maximum absolute atomic E-state index is 11.2. The molecule has 0 aliphatic carbocycles. The monoisotopic (exact) mass is 201 g/mol. The van der Waals surface area contributed by atoms with Gasteiger partial charge in [-0.3, -0.25) is 9.69 Å². The first kappa shape index (κ1) is 11.5. The van der Waals surface area contributed by atoms with Crippen LogP contribution in [0.15, 0.2) is 0 Å². The number of aliphatic carboxylic acids is 1. The Hall–Kier alpha value is -0.610. The highest BCUT2D eigenvalue weighted by molar-refractivity contribution is 5.78. The Morgan fingerprint density at radius 1 is 1.71 bits per heavy atom. The first-order valence-electron chi connectivity index (χ1n) is 5.10. The van der Waals surface area contributed by atoms with Gasteiger partial charge in [-0.05, 0) is 20.3 Å². The summed E-state index contributed by atoms with van der Waals surface area (Å²) in [6.45, 7) is 7.72. The van der Waals surface area contributed by atoms with Crippen molar-refractivity contribution in [1.29, 1.82) is 0 Å². The number of hydrogen-bond donors (Lipinski definition) is 1. The Morgan fingerprint density at radius 3 is 2.79 bits per heavy atom. The molecule has 0 amide bonds. The standard InChI is InChI=1S/C10H19NO3/c1-4-10(3,9(12)13)11-5-6-14-8(2)7-11/h8H,4-7H2,1-3H3,(H,12,13). The maximum Gasteiger partial charge on any atom is 0.323 e. The number of carboxylic acids is 1. The molecule has 0 saturated carbocycles. The number of ether oxygens (including phenoxy) is 1. The van der Waals surface area contributed by atoms with E-state index in [9.17, 15) is 9.90 Å². The predicted octanol–water partition coefficient (Wildman–Crippen LogP) is 0.960. The first-order chi connectivity index (χ1) is 6.50. The quantitative estimate of drug-likeness (QED) is 0.739. The molecule has 0 spiro atoms. The fraction of sp³-hybridized carbons (Fsp3) is 0.900. The summed E-state index contributed by atoms with van der Waals surface area (Å²) < 4.78 is 5.39. The third-order valence-corrected chi connectivity index (χ3v) is 3.09. The Balaban J connectivity index is 2.73. The van der Waals surface area contributed by atoms with Crippen LogP contribution in [-0.2, 0) is 9.53 Å². The molecule has 1 N–H and O–H groups in total. The molecule has 2 unspecified atom stereocenters. The highest BCUT2D eigenvalue weighted by atomic mass is 16.5. The topological polar surface area (TPSA) is 49.8 Å². The van der Waals surface area contributed by atoms with Crippen LogP contribution in [0.2, 0.25) is 0 Å². The molecule has 0 bridgehead atoms. The fourth-order valence-corrected chi connectivity index (χ4v) is 1.78. The summed E-state index contributed by atoms with van der Waals surface area (Å²) in [6.07, 6.45) is 0.753. The molecule has 4 heteroatoms. The molecule has 4 nitrogen and oxygen atoms in total. The molecule has 0 aromatic rings. The van der Waals surface area contributed by atoms with E-state index in [1.807, 2.05) is 18.7 Å². The lowest BCUT2D eigenvalue weighted by Gasteiger charge is -2.41. The van der Waals surface area contributed by atoms with Crippen molar-refractivity contribution in [1.82, 2.24) is 4.90 Å². The van der Waals surface area contributed by atoms with Crippen molar-refractivity contribution in [3.63, 3.8) is 0 Å². The van der Waals surface area contributed by atoms with E-state index in [1.165, 1.54) is 0 Å². The molecule has 0 radical (unpaired) electrons. The van der Waals surface area contributed by atoms with Crippen molar-refractivity contribution in [2.45, 2.75) is 38.8 Å². The second kappa shape index (κ2) is 4.28. The molecule has 1 fully saturated rings. The smallest absolute Gasteiger partial charge is 0.323 e. The van der Waals surface area contributed by atoms with Gasteiger partial charge in [0.05, 0.1) is 12.7 Å². The normalized spacial score (nSPS) is 28.4.